The predicted octanol–water partition coefficient (Wildman–Crippen LogP) is 5.10. The summed E-state index contributed by atoms with van der Waals surface area (Å²) in [6, 6.07) is 10.6. The molecular formula is C26H26BrN3O5S. The van der Waals surface area contributed by atoms with Crippen LogP contribution in [0.2, 0.25) is 0 Å². The van der Waals surface area contributed by atoms with Gasteiger partial charge in [0.2, 0.25) is 5.91 Å². The summed E-state index contributed by atoms with van der Waals surface area (Å²) in [4.78, 5) is 42.0. The van der Waals surface area contributed by atoms with E-state index in [1.807, 2.05) is 24.3 Å². The highest BCUT2D eigenvalue weighted by Gasteiger charge is 2.30. The van der Waals surface area contributed by atoms with Crippen LogP contribution in [-0.2, 0) is 22.4 Å². The minimum Gasteiger partial charge on any atom is -0.459 e. The molecule has 3 heterocycles. The monoisotopic (exact) mass is 571 g/mol. The molecule has 3 aromatic rings. The molecular weight excluding hydrogens is 546 g/mol. The van der Waals surface area contributed by atoms with Crippen LogP contribution in [0.4, 0.5) is 10.7 Å². The fourth-order valence-corrected chi connectivity index (χ4v) is 6.18. The lowest BCUT2D eigenvalue weighted by Crippen LogP contribution is -2.42. The molecule has 1 atom stereocenters. The number of nitrogens with zero attached hydrogens (tertiary/aromatic N) is 1. The summed E-state index contributed by atoms with van der Waals surface area (Å²) in [6.07, 6.45) is 5.75. The van der Waals surface area contributed by atoms with Gasteiger partial charge in [0.15, 0.2) is 5.76 Å². The summed E-state index contributed by atoms with van der Waals surface area (Å²) in [5.41, 5.74) is 2.17. The van der Waals surface area contributed by atoms with Gasteiger partial charge >= 0.3 is 0 Å². The van der Waals surface area contributed by atoms with Gasteiger partial charge in [0.05, 0.1) is 17.9 Å². The van der Waals surface area contributed by atoms with Gasteiger partial charge in [-0.15, -0.1) is 11.3 Å². The van der Waals surface area contributed by atoms with E-state index in [0.717, 1.165) is 47.0 Å². The van der Waals surface area contributed by atoms with Gasteiger partial charge in [-0.05, 0) is 74.1 Å². The van der Waals surface area contributed by atoms with E-state index in [4.69, 9.17) is 9.15 Å². The number of halogens is 1. The summed E-state index contributed by atoms with van der Waals surface area (Å²) >= 11 is 4.84. The molecule has 0 saturated carbocycles. The maximum atomic E-state index is 13.3. The number of carbonyl (C=O) groups is 3. The molecule has 0 radical (unpaired) electrons. The maximum absolute atomic E-state index is 13.3. The van der Waals surface area contributed by atoms with Gasteiger partial charge in [-0.25, -0.2) is 0 Å². The SMILES string of the molecule is O=C(CN(C[C@H]1CCCO1)C(=O)c1ccco1)Nc1sc2c(c1C(=O)Nc1ccc(Br)cc1)CCC2. The molecule has 2 aliphatic rings. The smallest absolute Gasteiger partial charge is 0.290 e. The van der Waals surface area contributed by atoms with Crippen LogP contribution < -0.4 is 10.6 Å². The van der Waals surface area contributed by atoms with E-state index in [2.05, 4.69) is 26.6 Å². The number of thiophene rings is 1. The Kier molecular flexibility index (Phi) is 7.54. The Labute approximate surface area is 221 Å². The zero-order valence-electron chi connectivity index (χ0n) is 19.6. The molecule has 1 saturated heterocycles. The third kappa shape index (κ3) is 5.55. The van der Waals surface area contributed by atoms with Crippen molar-refractivity contribution in [2.24, 2.45) is 0 Å². The second-order valence-electron chi connectivity index (χ2n) is 8.87. The first-order valence-electron chi connectivity index (χ1n) is 11.9. The van der Waals surface area contributed by atoms with Crippen LogP contribution in [-0.4, -0.2) is 48.4 Å². The molecule has 10 heteroatoms. The number of aryl methyl sites for hydroxylation is 1. The van der Waals surface area contributed by atoms with Crippen molar-refractivity contribution in [3.8, 4) is 0 Å². The number of fused-ring (bicyclic) bond motifs is 1. The number of furan rings is 1. The third-order valence-corrected chi connectivity index (χ3v) is 8.04. The summed E-state index contributed by atoms with van der Waals surface area (Å²) in [6.45, 7) is 0.776. The summed E-state index contributed by atoms with van der Waals surface area (Å²) < 4.78 is 11.9. The number of anilines is 2. The number of carbonyl (C=O) groups excluding carboxylic acids is 3. The average Bonchev–Trinajstić information content (AvgIpc) is 3.65. The topological polar surface area (TPSA) is 101 Å². The molecule has 2 N–H and O–H groups in total. The average molecular weight is 572 g/mol. The van der Waals surface area contributed by atoms with Crippen molar-refractivity contribution < 1.29 is 23.5 Å². The van der Waals surface area contributed by atoms with Gasteiger partial charge in [0, 0.05) is 28.2 Å². The van der Waals surface area contributed by atoms with Crippen LogP contribution in [0.15, 0.2) is 51.6 Å². The van der Waals surface area contributed by atoms with Crippen molar-refractivity contribution in [1.29, 1.82) is 0 Å². The normalized spacial score (nSPS) is 16.5. The standard InChI is InChI=1S/C26H26BrN3O5S/c27-16-8-10-17(11-9-16)28-24(32)23-19-5-1-7-21(19)36-25(23)29-22(31)15-30(14-18-4-2-12-34-18)26(33)20-6-3-13-35-20/h3,6,8-11,13,18H,1-2,4-5,7,12,14-15H2,(H,28,32)(H,29,31)/t18-/m1/s1. The van der Waals surface area contributed by atoms with E-state index >= 15 is 0 Å². The predicted molar refractivity (Wildman–Crippen MR) is 141 cm³/mol. The Hall–Kier alpha value is -2.95. The van der Waals surface area contributed by atoms with E-state index in [0.29, 0.717) is 29.4 Å². The Balaban J connectivity index is 1.33. The van der Waals surface area contributed by atoms with E-state index in [1.165, 1.54) is 22.5 Å². The minimum absolute atomic E-state index is 0.116. The lowest BCUT2D eigenvalue weighted by atomic mass is 10.1. The van der Waals surface area contributed by atoms with Crippen LogP contribution >= 0.6 is 27.3 Å². The van der Waals surface area contributed by atoms with Crippen molar-refractivity contribution in [1.82, 2.24) is 4.90 Å². The van der Waals surface area contributed by atoms with E-state index in [-0.39, 0.29) is 36.1 Å². The number of ether oxygens (including phenoxy) is 1. The van der Waals surface area contributed by atoms with Crippen molar-refractivity contribution >= 4 is 55.7 Å². The van der Waals surface area contributed by atoms with E-state index in [1.54, 1.807) is 12.1 Å². The molecule has 1 aromatic carbocycles. The van der Waals surface area contributed by atoms with Crippen molar-refractivity contribution in [3.63, 3.8) is 0 Å². The highest BCUT2D eigenvalue weighted by Crippen LogP contribution is 2.39. The van der Waals surface area contributed by atoms with Crippen LogP contribution in [0, 0.1) is 0 Å². The summed E-state index contributed by atoms with van der Waals surface area (Å²) in [7, 11) is 0. The second-order valence-corrected chi connectivity index (χ2v) is 10.9. The van der Waals surface area contributed by atoms with Crippen molar-refractivity contribution in [2.75, 3.05) is 30.3 Å². The minimum atomic E-state index is -0.370. The number of benzene rings is 1. The van der Waals surface area contributed by atoms with Crippen LogP contribution in [0.25, 0.3) is 0 Å². The molecule has 2 aromatic heterocycles. The fraction of sp³-hybridized carbons (Fsp3) is 0.346. The molecule has 0 unspecified atom stereocenters. The molecule has 5 rings (SSSR count). The number of rotatable bonds is 8. The maximum Gasteiger partial charge on any atom is 0.290 e. The molecule has 1 aliphatic carbocycles. The number of nitrogens with one attached hydrogen (secondary N) is 2. The quantitative estimate of drug-likeness (QED) is 0.391. The van der Waals surface area contributed by atoms with Crippen LogP contribution in [0.3, 0.4) is 0 Å². The first-order valence-corrected chi connectivity index (χ1v) is 13.5. The molecule has 8 nitrogen and oxygen atoms in total. The van der Waals surface area contributed by atoms with Crippen LogP contribution in [0.1, 0.15) is 50.6 Å². The zero-order chi connectivity index (χ0) is 25.1. The molecule has 1 aliphatic heterocycles. The van der Waals surface area contributed by atoms with E-state index in [9.17, 15) is 14.4 Å². The Morgan fingerprint density at radius 1 is 1.08 bits per heavy atom. The second kappa shape index (κ2) is 11.0. The third-order valence-electron chi connectivity index (χ3n) is 6.31. The molecule has 0 bridgehead atoms. The Bertz CT molecular complexity index is 1250. The van der Waals surface area contributed by atoms with Crippen molar-refractivity contribution in [2.45, 2.75) is 38.2 Å². The molecule has 188 valence electrons. The molecule has 3 amide bonds. The Morgan fingerprint density at radius 2 is 1.92 bits per heavy atom. The summed E-state index contributed by atoms with van der Waals surface area (Å²) in [5.74, 6) is -0.821. The van der Waals surface area contributed by atoms with Gasteiger partial charge < -0.3 is 24.7 Å². The highest BCUT2D eigenvalue weighted by molar-refractivity contribution is 9.10. The lowest BCUT2D eigenvalue weighted by molar-refractivity contribution is -0.117. The highest BCUT2D eigenvalue weighted by atomic mass is 79.9. The van der Waals surface area contributed by atoms with Gasteiger partial charge in [0.25, 0.3) is 11.8 Å². The molecule has 0 spiro atoms. The molecule has 36 heavy (non-hydrogen) atoms. The number of amides is 3. The lowest BCUT2D eigenvalue weighted by Gasteiger charge is -2.24. The van der Waals surface area contributed by atoms with Crippen molar-refractivity contribution in [3.05, 3.63) is 68.9 Å². The Morgan fingerprint density at radius 3 is 2.64 bits per heavy atom. The van der Waals surface area contributed by atoms with Gasteiger partial charge in [-0.3, -0.25) is 14.4 Å². The first kappa shape index (κ1) is 24.7. The number of hydrogen-bond acceptors (Lipinski definition) is 6. The first-order chi connectivity index (χ1) is 17.5. The van der Waals surface area contributed by atoms with E-state index < -0.39 is 0 Å². The van der Waals surface area contributed by atoms with Gasteiger partial charge in [0.1, 0.15) is 11.5 Å². The number of hydrogen-bond donors (Lipinski definition) is 2. The van der Waals surface area contributed by atoms with Gasteiger partial charge in [-0.1, -0.05) is 15.9 Å². The zero-order valence-corrected chi connectivity index (χ0v) is 22.0. The van der Waals surface area contributed by atoms with Gasteiger partial charge in [-0.2, -0.15) is 0 Å². The summed E-state index contributed by atoms with van der Waals surface area (Å²) in [5, 5.41) is 6.38. The largest absolute Gasteiger partial charge is 0.459 e. The fourth-order valence-electron chi connectivity index (χ4n) is 4.61. The molecule has 1 fully saturated rings. The van der Waals surface area contributed by atoms with Crippen LogP contribution in [0.5, 0.6) is 0 Å².